The summed E-state index contributed by atoms with van der Waals surface area (Å²) in [5.74, 6) is -0.815. The first kappa shape index (κ1) is 21.0. The van der Waals surface area contributed by atoms with Crippen LogP contribution in [0.4, 0.5) is 18.9 Å². The van der Waals surface area contributed by atoms with Crippen molar-refractivity contribution >= 4 is 29.0 Å². The van der Waals surface area contributed by atoms with Gasteiger partial charge in [0.05, 0.1) is 16.9 Å². The van der Waals surface area contributed by atoms with E-state index >= 15 is 0 Å². The largest absolute Gasteiger partial charge is 0.416 e. The lowest BCUT2D eigenvalue weighted by molar-refractivity contribution is -0.137. The highest BCUT2D eigenvalue weighted by atomic mass is 32.1. The summed E-state index contributed by atoms with van der Waals surface area (Å²) in [6.45, 7) is -0.102. The molecule has 0 spiro atoms. The molecular formula is C21H17F3N4O2S. The van der Waals surface area contributed by atoms with Crippen LogP contribution in [0, 0.1) is 5.92 Å². The van der Waals surface area contributed by atoms with Crippen LogP contribution in [0.25, 0.3) is 11.4 Å². The second-order valence-corrected chi connectivity index (χ2v) is 7.87. The van der Waals surface area contributed by atoms with Crippen LogP contribution in [0.3, 0.4) is 0 Å². The SMILES string of the molecule is O=C(NCc1cccc(C(F)(F)F)c1)c1snc(-c2ccccn2)c1NC(=O)C1CC1. The van der Waals surface area contributed by atoms with Gasteiger partial charge in [-0.2, -0.15) is 17.5 Å². The Morgan fingerprint density at radius 3 is 2.61 bits per heavy atom. The average molecular weight is 446 g/mol. The number of alkyl halides is 3. The van der Waals surface area contributed by atoms with E-state index in [0.29, 0.717) is 17.0 Å². The van der Waals surface area contributed by atoms with Crippen molar-refractivity contribution in [2.24, 2.45) is 5.92 Å². The van der Waals surface area contributed by atoms with E-state index < -0.39 is 17.6 Å². The van der Waals surface area contributed by atoms with Gasteiger partial charge in [0, 0.05) is 18.7 Å². The second kappa shape index (κ2) is 8.46. The third-order valence-electron chi connectivity index (χ3n) is 4.71. The van der Waals surface area contributed by atoms with Gasteiger partial charge in [-0.25, -0.2) is 0 Å². The van der Waals surface area contributed by atoms with Crippen molar-refractivity contribution in [2.45, 2.75) is 25.6 Å². The predicted octanol–water partition coefficient (Wildman–Crippen LogP) is 4.50. The van der Waals surface area contributed by atoms with Gasteiger partial charge in [0.15, 0.2) is 0 Å². The number of halogens is 3. The van der Waals surface area contributed by atoms with Gasteiger partial charge in [-0.15, -0.1) is 0 Å². The van der Waals surface area contributed by atoms with Gasteiger partial charge >= 0.3 is 6.18 Å². The monoisotopic (exact) mass is 446 g/mol. The number of hydrogen-bond donors (Lipinski definition) is 2. The summed E-state index contributed by atoms with van der Waals surface area (Å²) in [5.41, 5.74) is 0.667. The van der Waals surface area contributed by atoms with Gasteiger partial charge < -0.3 is 10.6 Å². The molecule has 6 nitrogen and oxygen atoms in total. The zero-order valence-electron chi connectivity index (χ0n) is 16.1. The minimum absolute atomic E-state index is 0.0856. The number of hydrogen-bond acceptors (Lipinski definition) is 5. The lowest BCUT2D eigenvalue weighted by atomic mass is 10.1. The van der Waals surface area contributed by atoms with Crippen LogP contribution in [0.15, 0.2) is 48.7 Å². The van der Waals surface area contributed by atoms with Crippen LogP contribution in [0.1, 0.15) is 33.6 Å². The van der Waals surface area contributed by atoms with E-state index in [0.717, 1.165) is 36.5 Å². The molecule has 2 N–H and O–H groups in total. The molecular weight excluding hydrogens is 429 g/mol. The number of benzene rings is 1. The van der Waals surface area contributed by atoms with Gasteiger partial charge in [-0.3, -0.25) is 14.6 Å². The fraction of sp³-hybridized carbons (Fsp3) is 0.238. The van der Waals surface area contributed by atoms with E-state index in [1.54, 1.807) is 24.4 Å². The molecule has 160 valence electrons. The summed E-state index contributed by atoms with van der Waals surface area (Å²) in [5, 5.41) is 5.40. The van der Waals surface area contributed by atoms with Crippen molar-refractivity contribution in [3.63, 3.8) is 0 Å². The zero-order valence-corrected chi connectivity index (χ0v) is 16.9. The van der Waals surface area contributed by atoms with Crippen LogP contribution in [0.2, 0.25) is 0 Å². The Bertz CT molecular complexity index is 1110. The number of anilines is 1. The van der Waals surface area contributed by atoms with E-state index in [1.165, 1.54) is 12.1 Å². The van der Waals surface area contributed by atoms with E-state index in [4.69, 9.17) is 0 Å². The molecule has 3 aromatic rings. The number of pyridine rings is 1. The molecule has 1 saturated carbocycles. The summed E-state index contributed by atoms with van der Waals surface area (Å²) in [6.07, 6.45) is -1.30. The van der Waals surface area contributed by atoms with Crippen molar-refractivity contribution in [3.8, 4) is 11.4 Å². The molecule has 1 aromatic carbocycles. The molecule has 2 heterocycles. The number of carbonyl (C=O) groups is 2. The number of carbonyl (C=O) groups excluding carboxylic acids is 2. The Balaban J connectivity index is 1.56. The van der Waals surface area contributed by atoms with Crippen LogP contribution in [-0.2, 0) is 17.5 Å². The molecule has 1 aliphatic rings. The minimum Gasteiger partial charge on any atom is -0.347 e. The number of nitrogens with zero attached hydrogens (tertiary/aromatic N) is 2. The van der Waals surface area contributed by atoms with E-state index in [2.05, 4.69) is 20.0 Å². The van der Waals surface area contributed by atoms with Gasteiger partial charge in [-0.05, 0) is 54.2 Å². The maximum Gasteiger partial charge on any atom is 0.416 e. The summed E-state index contributed by atoms with van der Waals surface area (Å²) in [4.78, 5) is 29.5. The summed E-state index contributed by atoms with van der Waals surface area (Å²) in [7, 11) is 0. The number of aromatic nitrogens is 2. The van der Waals surface area contributed by atoms with Crippen LogP contribution in [-0.4, -0.2) is 21.2 Å². The zero-order chi connectivity index (χ0) is 22.0. The highest BCUT2D eigenvalue weighted by Gasteiger charge is 2.33. The number of nitrogens with one attached hydrogen (secondary N) is 2. The molecule has 4 rings (SSSR count). The van der Waals surface area contributed by atoms with Gasteiger partial charge in [0.1, 0.15) is 10.6 Å². The Hall–Kier alpha value is -3.27. The summed E-state index contributed by atoms with van der Waals surface area (Å²) < 4.78 is 43.0. The molecule has 0 bridgehead atoms. The first-order valence-electron chi connectivity index (χ1n) is 9.49. The first-order chi connectivity index (χ1) is 14.8. The summed E-state index contributed by atoms with van der Waals surface area (Å²) in [6, 6.07) is 9.96. The standard InChI is InChI=1S/C21H17F3N4O2S/c22-21(23,24)14-5-3-4-12(10-14)11-26-20(30)18-17(27-19(29)13-7-8-13)16(28-31-18)15-6-1-2-9-25-15/h1-6,9-10,13H,7-8,11H2,(H,26,30)(H,27,29). The second-order valence-electron chi connectivity index (χ2n) is 7.09. The van der Waals surface area contributed by atoms with Crippen LogP contribution in [0.5, 0.6) is 0 Å². The van der Waals surface area contributed by atoms with Crippen LogP contribution < -0.4 is 10.6 Å². The Morgan fingerprint density at radius 2 is 1.94 bits per heavy atom. The smallest absolute Gasteiger partial charge is 0.347 e. The van der Waals surface area contributed by atoms with Crippen molar-refractivity contribution in [1.82, 2.24) is 14.7 Å². The molecule has 1 aliphatic carbocycles. The highest BCUT2D eigenvalue weighted by molar-refractivity contribution is 7.09. The number of rotatable bonds is 6. The van der Waals surface area contributed by atoms with Gasteiger partial charge in [0.2, 0.25) is 5.91 Å². The number of amides is 2. The van der Waals surface area contributed by atoms with E-state index in [-0.39, 0.29) is 28.9 Å². The highest BCUT2D eigenvalue weighted by Crippen LogP contribution is 2.36. The fourth-order valence-electron chi connectivity index (χ4n) is 2.93. The molecule has 1 fully saturated rings. The quantitative estimate of drug-likeness (QED) is 0.584. The maximum atomic E-state index is 12.9. The third-order valence-corrected chi connectivity index (χ3v) is 5.56. The normalized spacial score (nSPS) is 13.6. The summed E-state index contributed by atoms with van der Waals surface area (Å²) >= 11 is 0.899. The molecule has 0 radical (unpaired) electrons. The lowest BCUT2D eigenvalue weighted by Crippen LogP contribution is -2.24. The maximum absolute atomic E-state index is 12.9. The molecule has 0 atom stereocenters. The predicted molar refractivity (Wildman–Crippen MR) is 109 cm³/mol. The Labute approximate surface area is 179 Å². The van der Waals surface area contributed by atoms with Gasteiger partial charge in [0.25, 0.3) is 5.91 Å². The van der Waals surface area contributed by atoms with E-state index in [1.807, 2.05) is 0 Å². The van der Waals surface area contributed by atoms with Crippen LogP contribution >= 0.6 is 11.5 Å². The fourth-order valence-corrected chi connectivity index (χ4v) is 3.69. The topological polar surface area (TPSA) is 84.0 Å². The average Bonchev–Trinajstić information content (AvgIpc) is 3.53. The van der Waals surface area contributed by atoms with E-state index in [9.17, 15) is 22.8 Å². The molecule has 2 amide bonds. The Morgan fingerprint density at radius 1 is 1.13 bits per heavy atom. The van der Waals surface area contributed by atoms with Crippen molar-refractivity contribution < 1.29 is 22.8 Å². The molecule has 10 heteroatoms. The molecule has 0 unspecified atom stereocenters. The molecule has 0 saturated heterocycles. The van der Waals surface area contributed by atoms with Crippen molar-refractivity contribution in [1.29, 1.82) is 0 Å². The first-order valence-corrected chi connectivity index (χ1v) is 10.3. The Kier molecular flexibility index (Phi) is 5.73. The van der Waals surface area contributed by atoms with Crippen molar-refractivity contribution in [2.75, 3.05) is 5.32 Å². The van der Waals surface area contributed by atoms with Crippen molar-refractivity contribution in [3.05, 3.63) is 64.7 Å². The van der Waals surface area contributed by atoms with Gasteiger partial charge in [-0.1, -0.05) is 18.2 Å². The third kappa shape index (κ3) is 4.91. The minimum atomic E-state index is -4.46. The molecule has 31 heavy (non-hydrogen) atoms. The molecule has 2 aromatic heterocycles. The molecule has 0 aliphatic heterocycles. The lowest BCUT2D eigenvalue weighted by Gasteiger charge is -2.10.